The zero-order valence-corrected chi connectivity index (χ0v) is 11.8. The molecular weight excluding hydrogens is 460 g/mol. The number of halogens is 16. The minimum Gasteiger partial charge on any atom is -0.408 e. The molecule has 0 radical (unpaired) electrons. The number of rotatable bonds is 4. The number of hydrogen-bond acceptors (Lipinski definition) is 3. The summed E-state index contributed by atoms with van der Waals surface area (Å²) in [5.74, 6) is -9.77. The SMILES string of the molecule is FC(F)=C1OC(F)(F)C(F)(C(F)(F)OC(F)(F)C(F)(C(F)(F)F)C(F)(F)F)O1. The normalized spacial score (nSPS) is 24.1. The topological polar surface area (TPSA) is 27.7 Å². The number of alkyl halides is 14. The zero-order chi connectivity index (χ0) is 22.8. The summed E-state index contributed by atoms with van der Waals surface area (Å²) in [6.07, 6.45) is -40.8. The van der Waals surface area contributed by atoms with Crippen LogP contribution in [-0.4, -0.2) is 42.2 Å². The molecule has 28 heavy (non-hydrogen) atoms. The maximum atomic E-state index is 13.6. The highest BCUT2D eigenvalue weighted by Crippen LogP contribution is 2.60. The summed E-state index contributed by atoms with van der Waals surface area (Å²) in [7, 11) is 0. The lowest BCUT2D eigenvalue weighted by molar-refractivity contribution is -0.523. The molecule has 1 unspecified atom stereocenters. The summed E-state index contributed by atoms with van der Waals surface area (Å²) in [6.45, 7) is 0. The molecule has 0 aromatic carbocycles. The predicted molar refractivity (Wildman–Crippen MR) is 47.1 cm³/mol. The van der Waals surface area contributed by atoms with E-state index in [0.717, 1.165) is 0 Å². The van der Waals surface area contributed by atoms with Crippen molar-refractivity contribution in [3.8, 4) is 0 Å². The molecule has 166 valence electrons. The summed E-state index contributed by atoms with van der Waals surface area (Å²) in [6, 6.07) is 0. The molecule has 3 nitrogen and oxygen atoms in total. The van der Waals surface area contributed by atoms with E-state index < -0.39 is 54.2 Å². The van der Waals surface area contributed by atoms with Gasteiger partial charge in [0.1, 0.15) is 0 Å². The van der Waals surface area contributed by atoms with Crippen molar-refractivity contribution in [2.24, 2.45) is 0 Å². The molecule has 0 amide bonds. The third kappa shape index (κ3) is 3.25. The second-order valence-electron chi connectivity index (χ2n) is 4.65. The second kappa shape index (κ2) is 6.09. The lowest BCUT2D eigenvalue weighted by Gasteiger charge is -2.38. The van der Waals surface area contributed by atoms with Gasteiger partial charge in [-0.3, -0.25) is 0 Å². The molecule has 19 heteroatoms. The average Bonchev–Trinajstić information content (AvgIpc) is 2.66. The van der Waals surface area contributed by atoms with E-state index in [1.165, 1.54) is 4.74 Å². The van der Waals surface area contributed by atoms with Crippen LogP contribution in [0, 0.1) is 0 Å². The second-order valence-corrected chi connectivity index (χ2v) is 4.65. The Hall–Kier alpha value is -1.82. The van der Waals surface area contributed by atoms with Crippen LogP contribution in [0.1, 0.15) is 0 Å². The monoisotopic (exact) mass is 460 g/mol. The quantitative estimate of drug-likeness (QED) is 0.527. The van der Waals surface area contributed by atoms with Crippen LogP contribution in [0.25, 0.3) is 0 Å². The van der Waals surface area contributed by atoms with E-state index >= 15 is 0 Å². The molecule has 0 bridgehead atoms. The van der Waals surface area contributed by atoms with E-state index in [-0.39, 0.29) is 0 Å². The third-order valence-electron chi connectivity index (χ3n) is 2.80. The first-order valence-electron chi connectivity index (χ1n) is 5.75. The van der Waals surface area contributed by atoms with Crippen molar-refractivity contribution in [3.05, 3.63) is 12.0 Å². The first-order chi connectivity index (χ1) is 12.0. The Morgan fingerprint density at radius 1 is 0.714 bits per heavy atom. The van der Waals surface area contributed by atoms with Gasteiger partial charge < -0.3 is 9.47 Å². The molecule has 1 aliphatic heterocycles. The Bertz CT molecular complexity index is 629. The molecule has 0 aliphatic carbocycles. The Balaban J connectivity index is 3.50. The predicted octanol–water partition coefficient (Wildman–Crippen LogP) is 5.39. The highest BCUT2D eigenvalue weighted by molar-refractivity contribution is 5.05. The van der Waals surface area contributed by atoms with E-state index in [4.69, 9.17) is 0 Å². The van der Waals surface area contributed by atoms with Crippen molar-refractivity contribution < 1.29 is 84.5 Å². The molecule has 0 aromatic heterocycles. The van der Waals surface area contributed by atoms with Gasteiger partial charge in [0, 0.05) is 0 Å². The molecule has 1 saturated heterocycles. The molecule has 1 aliphatic rings. The van der Waals surface area contributed by atoms with Gasteiger partial charge in [-0.1, -0.05) is 0 Å². The molecule has 1 rings (SSSR count). The van der Waals surface area contributed by atoms with Crippen LogP contribution in [0.15, 0.2) is 12.0 Å². The van der Waals surface area contributed by atoms with Crippen LogP contribution in [-0.2, 0) is 14.2 Å². The van der Waals surface area contributed by atoms with Crippen LogP contribution < -0.4 is 0 Å². The van der Waals surface area contributed by atoms with Crippen molar-refractivity contribution in [2.75, 3.05) is 0 Å². The third-order valence-corrected chi connectivity index (χ3v) is 2.80. The summed E-state index contributed by atoms with van der Waals surface area (Å²) >= 11 is 0. The molecular formula is C9F16O3. The fourth-order valence-electron chi connectivity index (χ4n) is 1.48. The molecule has 0 saturated carbocycles. The van der Waals surface area contributed by atoms with Gasteiger partial charge in [-0.05, 0) is 0 Å². The average molecular weight is 460 g/mol. The minimum absolute atomic E-state index is 1.48. The number of hydrogen-bond donors (Lipinski definition) is 0. The maximum Gasteiger partial charge on any atom is 0.483 e. The largest absolute Gasteiger partial charge is 0.483 e. The van der Waals surface area contributed by atoms with Gasteiger partial charge in [0.25, 0.3) is 0 Å². The van der Waals surface area contributed by atoms with Gasteiger partial charge >= 0.3 is 54.2 Å². The summed E-state index contributed by atoms with van der Waals surface area (Å²) in [5.41, 5.74) is -7.98. The molecule has 0 spiro atoms. The number of ether oxygens (including phenoxy) is 3. The fraction of sp³-hybridized carbons (Fsp3) is 0.778. The lowest BCUT2D eigenvalue weighted by atomic mass is 10.0. The molecule has 0 aromatic rings. The van der Waals surface area contributed by atoms with Gasteiger partial charge in [-0.25, -0.2) is 9.13 Å². The molecule has 0 N–H and O–H groups in total. The van der Waals surface area contributed by atoms with Gasteiger partial charge in [-0.15, -0.1) is 0 Å². The summed E-state index contributed by atoms with van der Waals surface area (Å²) < 4.78 is 209. The van der Waals surface area contributed by atoms with Crippen molar-refractivity contribution in [1.82, 2.24) is 0 Å². The molecule has 1 fully saturated rings. The van der Waals surface area contributed by atoms with Crippen LogP contribution in [0.5, 0.6) is 0 Å². The van der Waals surface area contributed by atoms with Crippen LogP contribution in [0.2, 0.25) is 0 Å². The fourth-order valence-corrected chi connectivity index (χ4v) is 1.48. The van der Waals surface area contributed by atoms with Gasteiger partial charge in [0.2, 0.25) is 0 Å². The van der Waals surface area contributed by atoms with E-state index in [0.29, 0.717) is 0 Å². The van der Waals surface area contributed by atoms with Crippen molar-refractivity contribution in [3.63, 3.8) is 0 Å². The van der Waals surface area contributed by atoms with Crippen molar-refractivity contribution >= 4 is 0 Å². The van der Waals surface area contributed by atoms with Crippen molar-refractivity contribution in [2.45, 2.75) is 42.2 Å². The summed E-state index contributed by atoms with van der Waals surface area (Å²) in [5, 5.41) is 0. The van der Waals surface area contributed by atoms with E-state index in [2.05, 4.69) is 9.47 Å². The Morgan fingerprint density at radius 3 is 1.39 bits per heavy atom. The summed E-state index contributed by atoms with van der Waals surface area (Å²) in [4.78, 5) is 0. The standard InChI is InChI=1S/C9F16O3/c10-1(11)2-26-4(13,8(22,23)27-2)9(24,25)28-7(20,21)3(12,5(14,15)16)6(17,18)19. The first-order valence-corrected chi connectivity index (χ1v) is 5.75. The van der Waals surface area contributed by atoms with Crippen LogP contribution in [0.3, 0.4) is 0 Å². The Kier molecular flexibility index (Phi) is 5.26. The highest BCUT2D eigenvalue weighted by Gasteiger charge is 2.90. The van der Waals surface area contributed by atoms with Crippen molar-refractivity contribution in [1.29, 1.82) is 0 Å². The smallest absolute Gasteiger partial charge is 0.408 e. The van der Waals surface area contributed by atoms with E-state index in [1.807, 2.05) is 0 Å². The van der Waals surface area contributed by atoms with Crippen LogP contribution in [0.4, 0.5) is 70.2 Å². The first kappa shape index (κ1) is 24.2. The van der Waals surface area contributed by atoms with E-state index in [9.17, 15) is 70.2 Å². The maximum absolute atomic E-state index is 13.6. The van der Waals surface area contributed by atoms with Crippen LogP contribution >= 0.6 is 0 Å². The van der Waals surface area contributed by atoms with E-state index in [1.54, 1.807) is 0 Å². The highest BCUT2D eigenvalue weighted by atomic mass is 19.4. The van der Waals surface area contributed by atoms with Gasteiger partial charge in [0.05, 0.1) is 0 Å². The lowest BCUT2D eigenvalue weighted by Crippen LogP contribution is -2.69. The van der Waals surface area contributed by atoms with Gasteiger partial charge in [0.15, 0.2) is 0 Å². The molecule has 1 heterocycles. The Labute approximate surface area is 140 Å². The zero-order valence-electron chi connectivity index (χ0n) is 11.8. The minimum atomic E-state index is -7.98. The Morgan fingerprint density at radius 2 is 1.11 bits per heavy atom. The molecule has 1 atom stereocenters. The van der Waals surface area contributed by atoms with Gasteiger partial charge in [-0.2, -0.15) is 65.9 Å².